The third-order valence-corrected chi connectivity index (χ3v) is 6.40. The highest BCUT2D eigenvalue weighted by Crippen LogP contribution is 2.44. The van der Waals surface area contributed by atoms with E-state index >= 15 is 0 Å². The molecular weight excluding hydrogens is 570 g/mol. The van der Waals surface area contributed by atoms with E-state index in [1.165, 1.54) is 25.3 Å². The molecule has 1 fully saturated rings. The molecule has 196 valence electrons. The molecule has 14 heteroatoms. The minimum Gasteiger partial charge on any atom is -0.493 e. The van der Waals surface area contributed by atoms with E-state index in [1.54, 1.807) is 24.3 Å². The third-order valence-electron chi connectivity index (χ3n) is 4.95. The Morgan fingerprint density at radius 3 is 2.42 bits per heavy atom. The first kappa shape index (κ1) is 27.3. The second-order valence-electron chi connectivity index (χ2n) is 7.53. The summed E-state index contributed by atoms with van der Waals surface area (Å²) in [7, 11) is 1.28. The van der Waals surface area contributed by atoms with E-state index in [1.807, 2.05) is 0 Å². The molecule has 1 saturated heterocycles. The Hall–Kier alpha value is -3.74. The number of nitrogens with one attached hydrogen (secondary N) is 1. The van der Waals surface area contributed by atoms with Crippen LogP contribution >= 0.6 is 35.0 Å². The summed E-state index contributed by atoms with van der Waals surface area (Å²) in [6.45, 7) is 0. The van der Waals surface area contributed by atoms with Crippen molar-refractivity contribution in [3.05, 3.63) is 90.8 Å². The minimum atomic E-state index is -4.78. The standard InChI is InChI=1S/C24H14Cl2F3N3O5S/c1-36-19-9-12(10-20-22(33)31-23(38-20)30-15-5-3-14(25)4-6-15)8-16(26)21(19)37-18-7-2-13(24(27,28)29)11-17(18)32(34)35/h2-11H,1H3,(H,30,31,33)/b20-10-. The SMILES string of the molecule is COc1cc(/C=C2\SC(=Nc3ccc(Cl)cc3)NC2=O)cc(Cl)c1Oc1ccc(C(F)(F)F)cc1[N+](=O)[O-]. The molecule has 0 unspecified atom stereocenters. The van der Waals surface area contributed by atoms with Gasteiger partial charge in [-0.15, -0.1) is 0 Å². The van der Waals surface area contributed by atoms with Crippen molar-refractivity contribution >= 4 is 63.5 Å². The fraction of sp³-hybridized carbons (Fsp3) is 0.0833. The molecule has 8 nitrogen and oxygen atoms in total. The zero-order valence-corrected chi connectivity index (χ0v) is 21.3. The first-order chi connectivity index (χ1) is 17.9. The molecule has 0 aliphatic carbocycles. The highest BCUT2D eigenvalue weighted by Gasteiger charge is 2.34. The molecular formula is C24H14Cl2F3N3O5S. The molecule has 1 heterocycles. The lowest BCUT2D eigenvalue weighted by Crippen LogP contribution is -2.19. The topological polar surface area (TPSA) is 103 Å². The van der Waals surface area contributed by atoms with Crippen molar-refractivity contribution in [3.63, 3.8) is 0 Å². The minimum absolute atomic E-state index is 0.0250. The Kier molecular flexibility index (Phi) is 7.86. The zero-order chi connectivity index (χ0) is 27.6. The van der Waals surface area contributed by atoms with E-state index in [9.17, 15) is 28.1 Å². The summed E-state index contributed by atoms with van der Waals surface area (Å²) in [6, 6.07) is 11.4. The Morgan fingerprint density at radius 1 is 1.08 bits per heavy atom. The average molecular weight is 584 g/mol. The highest BCUT2D eigenvalue weighted by atomic mass is 35.5. The number of nitrogens with zero attached hydrogens (tertiary/aromatic N) is 2. The Bertz CT molecular complexity index is 1490. The largest absolute Gasteiger partial charge is 0.493 e. The van der Waals surface area contributed by atoms with Crippen LogP contribution in [-0.2, 0) is 11.0 Å². The smallest absolute Gasteiger partial charge is 0.416 e. The van der Waals surface area contributed by atoms with Gasteiger partial charge in [-0.05, 0) is 71.9 Å². The van der Waals surface area contributed by atoms with Crippen molar-refractivity contribution < 1.29 is 32.4 Å². The molecule has 3 aromatic carbocycles. The van der Waals surface area contributed by atoms with Crippen LogP contribution in [0.5, 0.6) is 17.2 Å². The van der Waals surface area contributed by atoms with Crippen LogP contribution in [0, 0.1) is 10.1 Å². The summed E-state index contributed by atoms with van der Waals surface area (Å²) in [5.74, 6) is -1.01. The molecule has 0 saturated carbocycles. The van der Waals surface area contributed by atoms with E-state index in [2.05, 4.69) is 10.3 Å². The maximum absolute atomic E-state index is 13.0. The van der Waals surface area contributed by atoms with Gasteiger partial charge in [0.25, 0.3) is 5.91 Å². The number of aliphatic imine (C=N–C) groups is 1. The van der Waals surface area contributed by atoms with Crippen molar-refractivity contribution in [2.45, 2.75) is 6.18 Å². The Morgan fingerprint density at radius 2 is 1.79 bits per heavy atom. The monoisotopic (exact) mass is 583 g/mol. The number of amides is 1. The number of carbonyl (C=O) groups is 1. The van der Waals surface area contributed by atoms with Gasteiger partial charge in [0, 0.05) is 11.1 Å². The maximum atomic E-state index is 13.0. The number of amidine groups is 1. The van der Waals surface area contributed by atoms with Crippen LogP contribution in [0.1, 0.15) is 11.1 Å². The van der Waals surface area contributed by atoms with Crippen LogP contribution in [-0.4, -0.2) is 23.1 Å². The van der Waals surface area contributed by atoms with Crippen LogP contribution < -0.4 is 14.8 Å². The van der Waals surface area contributed by atoms with Crippen molar-refractivity contribution in [1.82, 2.24) is 5.32 Å². The van der Waals surface area contributed by atoms with Crippen molar-refractivity contribution in [2.75, 3.05) is 7.11 Å². The van der Waals surface area contributed by atoms with Gasteiger partial charge in [-0.1, -0.05) is 23.2 Å². The molecule has 0 atom stereocenters. The molecule has 0 radical (unpaired) electrons. The van der Waals surface area contributed by atoms with E-state index in [0.717, 1.165) is 17.8 Å². The highest BCUT2D eigenvalue weighted by molar-refractivity contribution is 8.18. The van der Waals surface area contributed by atoms with Crippen molar-refractivity contribution in [2.24, 2.45) is 4.99 Å². The molecule has 38 heavy (non-hydrogen) atoms. The van der Waals surface area contributed by atoms with E-state index in [-0.39, 0.29) is 16.5 Å². The van der Waals surface area contributed by atoms with E-state index < -0.39 is 34.0 Å². The van der Waals surface area contributed by atoms with Crippen LogP contribution in [0.3, 0.4) is 0 Å². The van der Waals surface area contributed by atoms with Gasteiger partial charge in [0.2, 0.25) is 5.75 Å². The maximum Gasteiger partial charge on any atom is 0.416 e. The number of alkyl halides is 3. The summed E-state index contributed by atoms with van der Waals surface area (Å²) in [5, 5.41) is 14.9. The van der Waals surface area contributed by atoms with E-state index in [4.69, 9.17) is 32.7 Å². The average Bonchev–Trinajstić information content (AvgIpc) is 3.19. The number of thioether (sulfide) groups is 1. The Labute approximate surface area is 227 Å². The molecule has 0 aromatic heterocycles. The first-order valence-electron chi connectivity index (χ1n) is 10.4. The van der Waals surface area contributed by atoms with Gasteiger partial charge in [0.1, 0.15) is 0 Å². The number of hydrogen-bond donors (Lipinski definition) is 1. The molecule has 1 aliphatic heterocycles. The summed E-state index contributed by atoms with van der Waals surface area (Å²) >= 11 is 13.3. The quantitative estimate of drug-likeness (QED) is 0.182. The number of ether oxygens (including phenoxy) is 2. The molecule has 0 bridgehead atoms. The van der Waals surface area contributed by atoms with Gasteiger partial charge in [-0.25, -0.2) is 4.99 Å². The fourth-order valence-electron chi connectivity index (χ4n) is 3.22. The zero-order valence-electron chi connectivity index (χ0n) is 19.0. The molecule has 3 aromatic rings. The second-order valence-corrected chi connectivity index (χ2v) is 9.41. The summed E-state index contributed by atoms with van der Waals surface area (Å²) in [4.78, 5) is 27.5. The Balaban J connectivity index is 1.63. The van der Waals surface area contributed by atoms with Gasteiger partial charge < -0.3 is 14.8 Å². The lowest BCUT2D eigenvalue weighted by molar-refractivity contribution is -0.385. The lowest BCUT2D eigenvalue weighted by atomic mass is 10.1. The van der Waals surface area contributed by atoms with Gasteiger partial charge in [-0.2, -0.15) is 13.2 Å². The van der Waals surface area contributed by atoms with Crippen LogP contribution in [0.25, 0.3) is 6.08 Å². The summed E-state index contributed by atoms with van der Waals surface area (Å²) in [5.41, 5.74) is -1.10. The van der Waals surface area contributed by atoms with E-state index in [0.29, 0.717) is 38.5 Å². The van der Waals surface area contributed by atoms with Crippen LogP contribution in [0.15, 0.2) is 64.5 Å². The van der Waals surface area contributed by atoms with Crippen LogP contribution in [0.4, 0.5) is 24.5 Å². The number of nitro benzene ring substituents is 1. The number of methoxy groups -OCH3 is 1. The van der Waals surface area contributed by atoms with Gasteiger partial charge in [0.15, 0.2) is 16.7 Å². The lowest BCUT2D eigenvalue weighted by Gasteiger charge is -2.14. The number of nitro groups is 1. The molecule has 1 N–H and O–H groups in total. The number of carbonyl (C=O) groups excluding carboxylic acids is 1. The van der Waals surface area contributed by atoms with Crippen molar-refractivity contribution in [1.29, 1.82) is 0 Å². The number of benzene rings is 3. The van der Waals surface area contributed by atoms with Gasteiger partial charge >= 0.3 is 11.9 Å². The van der Waals surface area contributed by atoms with Crippen LogP contribution in [0.2, 0.25) is 10.0 Å². The second kappa shape index (κ2) is 10.9. The molecule has 1 aliphatic rings. The summed E-state index contributed by atoms with van der Waals surface area (Å²) in [6.07, 6.45) is -3.26. The normalized spacial score (nSPS) is 15.6. The summed E-state index contributed by atoms with van der Waals surface area (Å²) < 4.78 is 49.8. The van der Waals surface area contributed by atoms with Gasteiger partial charge in [-0.3, -0.25) is 14.9 Å². The molecule has 4 rings (SSSR count). The van der Waals surface area contributed by atoms with Crippen molar-refractivity contribution in [3.8, 4) is 17.2 Å². The predicted octanol–water partition coefficient (Wildman–Crippen LogP) is 7.61. The number of rotatable bonds is 6. The number of halogens is 5. The van der Waals surface area contributed by atoms with Gasteiger partial charge in [0.05, 0.1) is 33.2 Å². The number of hydrogen-bond acceptors (Lipinski definition) is 7. The third kappa shape index (κ3) is 6.21. The molecule has 0 spiro atoms. The fourth-order valence-corrected chi connectivity index (χ4v) is 4.45. The first-order valence-corrected chi connectivity index (χ1v) is 12.0. The molecule has 1 amide bonds. The predicted molar refractivity (Wildman–Crippen MR) is 138 cm³/mol.